The molecule has 0 aliphatic carbocycles. The first-order chi connectivity index (χ1) is 9.87. The van der Waals surface area contributed by atoms with E-state index in [4.69, 9.17) is 0 Å². The van der Waals surface area contributed by atoms with Crippen molar-refractivity contribution in [3.63, 3.8) is 0 Å². The quantitative estimate of drug-likeness (QED) is 0.767. The maximum absolute atomic E-state index is 11.8. The number of carbonyl (C=O) groups excluding carboxylic acids is 1. The molecule has 8 nitrogen and oxygen atoms in total. The molecule has 1 saturated heterocycles. The summed E-state index contributed by atoms with van der Waals surface area (Å²) in [5.41, 5.74) is 0. The summed E-state index contributed by atoms with van der Waals surface area (Å²) in [5.74, 6) is 1.60. The third kappa shape index (κ3) is 4.67. The Hall–Kier alpha value is -1.16. The summed E-state index contributed by atoms with van der Waals surface area (Å²) >= 11 is 1.41. The molecule has 1 aliphatic heterocycles. The first-order valence-electron chi connectivity index (χ1n) is 6.71. The number of aromatic nitrogens is 4. The van der Waals surface area contributed by atoms with Gasteiger partial charge in [0.25, 0.3) is 0 Å². The van der Waals surface area contributed by atoms with Crippen LogP contribution in [0, 0.1) is 0 Å². The molecule has 0 saturated carbocycles. The summed E-state index contributed by atoms with van der Waals surface area (Å²) in [4.78, 5) is 11.8. The van der Waals surface area contributed by atoms with E-state index in [2.05, 4.69) is 20.8 Å². The summed E-state index contributed by atoms with van der Waals surface area (Å²) in [6.07, 6.45) is 0.504. The number of nitrogens with one attached hydrogen (secondary N) is 1. The molecule has 1 amide bonds. The van der Waals surface area contributed by atoms with Gasteiger partial charge in [0.1, 0.15) is 0 Å². The molecule has 2 heterocycles. The third-order valence-electron chi connectivity index (χ3n) is 3.11. The first-order valence-corrected chi connectivity index (χ1v) is 9.69. The minimum atomic E-state index is -2.96. The van der Waals surface area contributed by atoms with Crippen LogP contribution in [0.5, 0.6) is 0 Å². The topological polar surface area (TPSA) is 107 Å². The third-order valence-corrected chi connectivity index (χ3v) is 5.81. The Balaban J connectivity index is 1.73. The summed E-state index contributed by atoms with van der Waals surface area (Å²) in [5, 5.41) is 14.2. The summed E-state index contributed by atoms with van der Waals surface area (Å²) in [6.45, 7) is 3.97. The van der Waals surface area contributed by atoms with Gasteiger partial charge in [0.15, 0.2) is 15.7 Å². The number of nitrogens with zero attached hydrogens (tertiary/aromatic N) is 4. The minimum absolute atomic E-state index is 0.0506. The van der Waals surface area contributed by atoms with Gasteiger partial charge < -0.3 is 5.32 Å². The van der Waals surface area contributed by atoms with Crippen LogP contribution < -0.4 is 5.32 Å². The van der Waals surface area contributed by atoms with E-state index in [9.17, 15) is 13.2 Å². The average Bonchev–Trinajstić information content (AvgIpc) is 2.96. The van der Waals surface area contributed by atoms with E-state index in [0.29, 0.717) is 12.2 Å². The maximum Gasteiger partial charge on any atom is 0.230 e. The van der Waals surface area contributed by atoms with Gasteiger partial charge in [-0.25, -0.2) is 13.1 Å². The molecule has 0 spiro atoms. The number of hydrogen-bond acceptors (Lipinski definition) is 7. The van der Waals surface area contributed by atoms with Crippen molar-refractivity contribution in [1.82, 2.24) is 25.5 Å². The Morgan fingerprint density at radius 2 is 2.29 bits per heavy atom. The average molecular weight is 333 g/mol. The second-order valence-corrected chi connectivity index (χ2v) is 8.51. The van der Waals surface area contributed by atoms with E-state index in [1.165, 1.54) is 11.8 Å². The highest BCUT2D eigenvalue weighted by molar-refractivity contribution is 7.99. The van der Waals surface area contributed by atoms with Crippen molar-refractivity contribution in [3.05, 3.63) is 5.82 Å². The van der Waals surface area contributed by atoms with Gasteiger partial charge in [-0.1, -0.05) is 0 Å². The number of rotatable bonds is 6. The second-order valence-electron chi connectivity index (χ2n) is 5.29. The lowest BCUT2D eigenvalue weighted by atomic mass is 10.3. The van der Waals surface area contributed by atoms with E-state index in [0.717, 1.165) is 5.82 Å². The van der Waals surface area contributed by atoms with Crippen molar-refractivity contribution in [1.29, 1.82) is 0 Å². The van der Waals surface area contributed by atoms with Crippen LogP contribution in [0.15, 0.2) is 0 Å². The van der Waals surface area contributed by atoms with Crippen molar-refractivity contribution in [2.75, 3.05) is 17.3 Å². The molecule has 118 valence electrons. The molecule has 0 aromatic carbocycles. The van der Waals surface area contributed by atoms with Gasteiger partial charge in [0, 0.05) is 6.04 Å². The van der Waals surface area contributed by atoms with Gasteiger partial charge in [0.05, 0.1) is 29.1 Å². The lowest BCUT2D eigenvalue weighted by Crippen LogP contribution is -2.36. The fraction of sp³-hybridized carbons (Fsp3) is 0.818. The van der Waals surface area contributed by atoms with Gasteiger partial charge in [-0.2, -0.15) is 0 Å². The lowest BCUT2D eigenvalue weighted by molar-refractivity contribution is -0.119. The van der Waals surface area contributed by atoms with Crippen LogP contribution in [0.25, 0.3) is 0 Å². The normalized spacial score (nSPS) is 20.8. The van der Waals surface area contributed by atoms with Gasteiger partial charge in [-0.3, -0.25) is 4.79 Å². The van der Waals surface area contributed by atoms with Gasteiger partial charge >= 0.3 is 0 Å². The summed E-state index contributed by atoms with van der Waals surface area (Å²) in [7, 11) is -2.96. The van der Waals surface area contributed by atoms with Crippen molar-refractivity contribution < 1.29 is 13.2 Å². The van der Waals surface area contributed by atoms with Crippen LogP contribution in [0.1, 0.15) is 32.1 Å². The number of thioether (sulfide) groups is 1. The molecular formula is C11H19N5O3S2. The fourth-order valence-corrected chi connectivity index (χ4v) is 4.54. The Morgan fingerprint density at radius 1 is 1.52 bits per heavy atom. The highest BCUT2D eigenvalue weighted by Crippen LogP contribution is 2.14. The van der Waals surface area contributed by atoms with E-state index >= 15 is 0 Å². The molecule has 21 heavy (non-hydrogen) atoms. The molecule has 1 atom stereocenters. The van der Waals surface area contributed by atoms with Gasteiger partial charge in [-0.15, -0.1) is 16.9 Å². The predicted molar refractivity (Wildman–Crippen MR) is 79.6 cm³/mol. The monoisotopic (exact) mass is 333 g/mol. The zero-order chi connectivity index (χ0) is 15.5. The Kier molecular flexibility index (Phi) is 5.20. The van der Waals surface area contributed by atoms with Crippen LogP contribution in [-0.2, 0) is 20.4 Å². The van der Waals surface area contributed by atoms with Crippen LogP contribution >= 0.6 is 11.8 Å². The van der Waals surface area contributed by atoms with Crippen molar-refractivity contribution in [2.24, 2.45) is 0 Å². The van der Waals surface area contributed by atoms with E-state index in [1.54, 1.807) is 4.68 Å². The highest BCUT2D eigenvalue weighted by atomic mass is 32.2. The van der Waals surface area contributed by atoms with Gasteiger partial charge in [0.2, 0.25) is 5.91 Å². The van der Waals surface area contributed by atoms with E-state index in [1.807, 2.05) is 13.8 Å². The molecule has 0 radical (unpaired) electrons. The molecule has 1 aromatic heterocycles. The van der Waals surface area contributed by atoms with E-state index in [-0.39, 0.29) is 35.2 Å². The largest absolute Gasteiger partial charge is 0.352 e. The standard InChI is InChI=1S/C11H19N5O3S2/c1-8(2)16-10(13-14-15-16)5-20-6-11(17)12-9-3-4-21(18,19)7-9/h8-9H,3-7H2,1-2H3,(H,12,17). The Morgan fingerprint density at radius 3 is 2.90 bits per heavy atom. The van der Waals surface area contributed by atoms with Crippen LogP contribution in [-0.4, -0.2) is 57.8 Å². The Labute approximate surface area is 128 Å². The fourth-order valence-electron chi connectivity index (χ4n) is 2.12. The number of hydrogen-bond donors (Lipinski definition) is 1. The zero-order valence-corrected chi connectivity index (χ0v) is 13.7. The first kappa shape index (κ1) is 16.2. The molecule has 1 aliphatic rings. The smallest absolute Gasteiger partial charge is 0.230 e. The SMILES string of the molecule is CC(C)n1nnnc1CSCC(=O)NC1CCS(=O)(=O)C1. The lowest BCUT2D eigenvalue weighted by Gasteiger charge is -2.10. The number of amides is 1. The highest BCUT2D eigenvalue weighted by Gasteiger charge is 2.28. The van der Waals surface area contributed by atoms with Crippen molar-refractivity contribution >= 4 is 27.5 Å². The zero-order valence-electron chi connectivity index (χ0n) is 12.0. The number of tetrazole rings is 1. The predicted octanol–water partition coefficient (Wildman–Crippen LogP) is -0.209. The van der Waals surface area contributed by atoms with E-state index < -0.39 is 9.84 Å². The molecule has 1 unspecified atom stereocenters. The number of sulfone groups is 1. The minimum Gasteiger partial charge on any atom is -0.352 e. The van der Waals surface area contributed by atoms with Crippen LogP contribution in [0.4, 0.5) is 0 Å². The molecular weight excluding hydrogens is 314 g/mol. The molecule has 1 fully saturated rings. The molecule has 10 heteroatoms. The number of carbonyl (C=O) groups is 1. The Bertz CT molecular complexity index is 599. The van der Waals surface area contributed by atoms with Gasteiger partial charge in [-0.05, 0) is 30.7 Å². The molecule has 1 N–H and O–H groups in total. The summed E-state index contributed by atoms with van der Waals surface area (Å²) < 4.78 is 24.3. The van der Waals surface area contributed by atoms with Crippen LogP contribution in [0.2, 0.25) is 0 Å². The van der Waals surface area contributed by atoms with Crippen LogP contribution in [0.3, 0.4) is 0 Å². The molecule has 1 aromatic rings. The second kappa shape index (κ2) is 6.73. The van der Waals surface area contributed by atoms with Crippen molar-refractivity contribution in [3.8, 4) is 0 Å². The maximum atomic E-state index is 11.8. The summed E-state index contributed by atoms with van der Waals surface area (Å²) in [6, 6.07) is -0.0720. The molecule has 2 rings (SSSR count). The molecule has 0 bridgehead atoms. The van der Waals surface area contributed by atoms with Crippen molar-refractivity contribution in [2.45, 2.75) is 38.1 Å².